The summed E-state index contributed by atoms with van der Waals surface area (Å²) in [6.07, 6.45) is 0.261. The Balaban J connectivity index is 2.26. The highest BCUT2D eigenvalue weighted by Gasteiger charge is 2.46. The summed E-state index contributed by atoms with van der Waals surface area (Å²) in [5, 5.41) is 0.0140. The lowest BCUT2D eigenvalue weighted by Crippen LogP contribution is -2.48. The first-order valence-corrected chi connectivity index (χ1v) is 14.3. The molecule has 1 aromatic carbocycles. The molecule has 1 heterocycles. The van der Waals surface area contributed by atoms with Crippen molar-refractivity contribution in [1.29, 1.82) is 0 Å². The van der Waals surface area contributed by atoms with Crippen LogP contribution < -0.4 is 0 Å². The van der Waals surface area contributed by atoms with Crippen molar-refractivity contribution in [3.63, 3.8) is 0 Å². The van der Waals surface area contributed by atoms with Crippen molar-refractivity contribution in [3.05, 3.63) is 35.4 Å². The van der Waals surface area contributed by atoms with Gasteiger partial charge in [0.15, 0.2) is 8.32 Å². The summed E-state index contributed by atoms with van der Waals surface area (Å²) in [6.45, 7) is 16.4. The quantitative estimate of drug-likeness (QED) is 0.414. The molecule has 0 N–H and O–H groups in total. The van der Waals surface area contributed by atoms with Crippen LogP contribution in [0.3, 0.4) is 0 Å². The SMILES string of the molecule is COC(=O)c1cccc(C[C@@H]2C[C@@H](CO[Si](C)(C)C(C)(C)C)N(C(=O)OC(C)(C)C)C2=O)c1. The van der Waals surface area contributed by atoms with E-state index in [0.717, 1.165) is 5.56 Å². The fourth-order valence-corrected chi connectivity index (χ4v) is 4.57. The summed E-state index contributed by atoms with van der Waals surface area (Å²) in [7, 11) is -0.733. The zero-order chi connectivity index (χ0) is 25.2. The summed E-state index contributed by atoms with van der Waals surface area (Å²) >= 11 is 0. The Morgan fingerprint density at radius 3 is 2.30 bits per heavy atom. The van der Waals surface area contributed by atoms with Crippen molar-refractivity contribution >= 4 is 26.3 Å². The van der Waals surface area contributed by atoms with E-state index in [0.29, 0.717) is 25.0 Å². The monoisotopic (exact) mass is 477 g/mol. The second kappa shape index (κ2) is 9.97. The molecule has 1 aliphatic heterocycles. The highest BCUT2D eigenvalue weighted by molar-refractivity contribution is 6.74. The van der Waals surface area contributed by atoms with Crippen LogP contribution in [0, 0.1) is 5.92 Å². The Morgan fingerprint density at radius 2 is 1.76 bits per heavy atom. The Hall–Kier alpha value is -2.19. The van der Waals surface area contributed by atoms with Crippen LogP contribution in [0.15, 0.2) is 24.3 Å². The predicted octanol–water partition coefficient (Wildman–Crippen LogP) is 5.19. The molecule has 33 heavy (non-hydrogen) atoms. The lowest BCUT2D eigenvalue weighted by atomic mass is 9.95. The molecule has 0 saturated carbocycles. The molecule has 7 nitrogen and oxygen atoms in total. The van der Waals surface area contributed by atoms with Gasteiger partial charge in [0.1, 0.15) is 5.60 Å². The minimum Gasteiger partial charge on any atom is -0.465 e. The normalized spacial score (nSPS) is 19.5. The second-order valence-corrected chi connectivity index (χ2v) is 16.1. The summed E-state index contributed by atoms with van der Waals surface area (Å²) in [5.74, 6) is -1.10. The molecule has 1 aromatic rings. The van der Waals surface area contributed by atoms with Crippen LogP contribution in [-0.4, -0.2) is 56.5 Å². The molecule has 1 aliphatic rings. The van der Waals surface area contributed by atoms with Gasteiger partial charge in [0.25, 0.3) is 0 Å². The number of imide groups is 1. The fraction of sp³-hybridized carbons (Fsp3) is 0.640. The average Bonchev–Trinajstić information content (AvgIpc) is 2.99. The van der Waals surface area contributed by atoms with E-state index in [4.69, 9.17) is 13.9 Å². The molecular formula is C25H39NO6Si. The maximum Gasteiger partial charge on any atom is 0.417 e. The molecule has 8 heteroatoms. The minimum atomic E-state index is -2.07. The number of rotatable bonds is 6. The van der Waals surface area contributed by atoms with Crippen LogP contribution in [0.1, 0.15) is 63.9 Å². The van der Waals surface area contributed by atoms with Gasteiger partial charge in [-0.1, -0.05) is 32.9 Å². The van der Waals surface area contributed by atoms with E-state index in [1.165, 1.54) is 12.0 Å². The van der Waals surface area contributed by atoms with E-state index < -0.39 is 37.9 Å². The Kier molecular flexibility index (Phi) is 8.17. The number of hydrogen-bond donors (Lipinski definition) is 0. The minimum absolute atomic E-state index is 0.0140. The third-order valence-corrected chi connectivity index (χ3v) is 10.9. The van der Waals surface area contributed by atoms with Crippen LogP contribution in [0.25, 0.3) is 0 Å². The molecule has 2 amide bonds. The van der Waals surface area contributed by atoms with E-state index in [9.17, 15) is 14.4 Å². The molecule has 0 unspecified atom stereocenters. The van der Waals surface area contributed by atoms with Crippen LogP contribution in [0.2, 0.25) is 18.1 Å². The third kappa shape index (κ3) is 6.90. The maximum absolute atomic E-state index is 13.3. The number of amides is 2. The van der Waals surface area contributed by atoms with Gasteiger partial charge in [-0.2, -0.15) is 0 Å². The smallest absolute Gasteiger partial charge is 0.417 e. The van der Waals surface area contributed by atoms with Gasteiger partial charge in [-0.3, -0.25) is 4.79 Å². The lowest BCUT2D eigenvalue weighted by molar-refractivity contribution is -0.131. The van der Waals surface area contributed by atoms with Gasteiger partial charge in [0.05, 0.1) is 25.3 Å². The number of carbonyl (C=O) groups excluding carboxylic acids is 3. The molecule has 2 atom stereocenters. The topological polar surface area (TPSA) is 82.1 Å². The van der Waals surface area contributed by atoms with E-state index >= 15 is 0 Å². The molecule has 0 aromatic heterocycles. The number of carbonyl (C=O) groups is 3. The molecule has 0 bridgehead atoms. The number of benzene rings is 1. The maximum atomic E-state index is 13.3. The fourth-order valence-electron chi connectivity index (χ4n) is 3.52. The Morgan fingerprint density at radius 1 is 1.12 bits per heavy atom. The predicted molar refractivity (Wildman–Crippen MR) is 130 cm³/mol. The van der Waals surface area contributed by atoms with Gasteiger partial charge in [0, 0.05) is 5.92 Å². The van der Waals surface area contributed by atoms with Crippen molar-refractivity contribution in [2.24, 2.45) is 5.92 Å². The molecular weight excluding hydrogens is 438 g/mol. The van der Waals surface area contributed by atoms with Crippen LogP contribution >= 0.6 is 0 Å². The summed E-state index contributed by atoms with van der Waals surface area (Å²) in [4.78, 5) is 39.4. The number of hydrogen-bond acceptors (Lipinski definition) is 6. The van der Waals surface area contributed by atoms with Crippen molar-refractivity contribution in [1.82, 2.24) is 4.90 Å². The van der Waals surface area contributed by atoms with Gasteiger partial charge in [-0.15, -0.1) is 0 Å². The third-order valence-electron chi connectivity index (χ3n) is 6.37. The molecule has 2 rings (SSSR count). The van der Waals surface area contributed by atoms with E-state index in [2.05, 4.69) is 33.9 Å². The first-order valence-electron chi connectivity index (χ1n) is 11.4. The molecule has 184 valence electrons. The zero-order valence-electron chi connectivity index (χ0n) is 21.5. The highest BCUT2D eigenvalue weighted by atomic mass is 28.4. The van der Waals surface area contributed by atoms with Gasteiger partial charge >= 0.3 is 12.1 Å². The standard InChI is InChI=1S/C25H39NO6Si/c1-24(2,3)32-23(29)26-20(16-31-33(8,9)25(4,5)6)15-19(21(26)27)14-17-11-10-12-18(13-17)22(28)30-7/h10-13,19-20H,14-16H2,1-9H3/t19-,20+/m1/s1. The van der Waals surface area contributed by atoms with E-state index in [-0.39, 0.29) is 10.9 Å². The van der Waals surface area contributed by atoms with Gasteiger partial charge in [0.2, 0.25) is 5.91 Å². The van der Waals surface area contributed by atoms with E-state index in [1.54, 1.807) is 39.0 Å². The summed E-state index contributed by atoms with van der Waals surface area (Å²) in [5.41, 5.74) is 0.559. The van der Waals surface area contributed by atoms with Gasteiger partial charge in [-0.25, -0.2) is 14.5 Å². The molecule has 1 saturated heterocycles. The van der Waals surface area contributed by atoms with Crippen LogP contribution in [0.5, 0.6) is 0 Å². The molecule has 1 fully saturated rings. The second-order valence-electron chi connectivity index (χ2n) is 11.2. The molecule has 0 radical (unpaired) electrons. The van der Waals surface area contributed by atoms with E-state index in [1.807, 2.05) is 6.07 Å². The number of methoxy groups -OCH3 is 1. The van der Waals surface area contributed by atoms with Gasteiger partial charge < -0.3 is 13.9 Å². The number of esters is 1. The van der Waals surface area contributed by atoms with Crippen molar-refractivity contribution < 1.29 is 28.3 Å². The number of likely N-dealkylation sites (tertiary alicyclic amines) is 1. The van der Waals surface area contributed by atoms with Crippen molar-refractivity contribution in [2.45, 2.75) is 84.2 Å². The number of ether oxygens (including phenoxy) is 2. The average molecular weight is 478 g/mol. The Bertz CT molecular complexity index is 884. The molecule has 0 aliphatic carbocycles. The summed E-state index contributed by atoms with van der Waals surface area (Å²) in [6, 6.07) is 6.66. The Labute approximate surface area is 198 Å². The van der Waals surface area contributed by atoms with Crippen molar-refractivity contribution in [2.75, 3.05) is 13.7 Å². The van der Waals surface area contributed by atoms with Gasteiger partial charge in [-0.05, 0) is 69.4 Å². The largest absolute Gasteiger partial charge is 0.465 e. The summed E-state index contributed by atoms with van der Waals surface area (Å²) < 4.78 is 16.7. The van der Waals surface area contributed by atoms with Crippen LogP contribution in [0.4, 0.5) is 4.79 Å². The first kappa shape index (κ1) is 27.1. The lowest BCUT2D eigenvalue weighted by Gasteiger charge is -2.37. The number of nitrogens with zero attached hydrogens (tertiary/aromatic N) is 1. The van der Waals surface area contributed by atoms with Crippen LogP contribution in [-0.2, 0) is 25.1 Å². The zero-order valence-corrected chi connectivity index (χ0v) is 22.5. The highest BCUT2D eigenvalue weighted by Crippen LogP contribution is 2.38. The first-order chi connectivity index (χ1) is 15.1. The van der Waals surface area contributed by atoms with Crippen molar-refractivity contribution in [3.8, 4) is 0 Å². The molecule has 0 spiro atoms.